The van der Waals surface area contributed by atoms with E-state index in [4.69, 9.17) is 0 Å². The fourth-order valence-electron chi connectivity index (χ4n) is 1.29. The SMILES string of the molecule is CCC1=NCC[N+]1(C)C. The van der Waals surface area contributed by atoms with E-state index in [0.717, 1.165) is 17.4 Å². The van der Waals surface area contributed by atoms with Crippen LogP contribution in [0.2, 0.25) is 0 Å². The molecule has 1 heterocycles. The maximum absolute atomic E-state index is 4.40. The quantitative estimate of drug-likeness (QED) is 0.464. The Kier molecular flexibility index (Phi) is 1.58. The maximum Gasteiger partial charge on any atom is 0.197 e. The molecule has 1 rings (SSSR count). The highest BCUT2D eigenvalue weighted by atomic mass is 15.4. The number of hydrogen-bond donors (Lipinski definition) is 0. The molecule has 1 aliphatic heterocycles. The van der Waals surface area contributed by atoms with Crippen molar-refractivity contribution >= 4 is 5.84 Å². The molecule has 0 atom stereocenters. The zero-order chi connectivity index (χ0) is 6.91. The van der Waals surface area contributed by atoms with Crippen molar-refractivity contribution in [3.8, 4) is 0 Å². The van der Waals surface area contributed by atoms with E-state index in [1.807, 2.05) is 0 Å². The number of likely N-dealkylation sites (N-methyl/N-ethyl adjacent to an activating group) is 1. The molecular formula is C7H15N2+. The van der Waals surface area contributed by atoms with Crippen LogP contribution >= 0.6 is 0 Å². The molecule has 0 bridgehead atoms. The lowest BCUT2D eigenvalue weighted by molar-refractivity contribution is -0.793. The van der Waals surface area contributed by atoms with E-state index in [0.29, 0.717) is 0 Å². The van der Waals surface area contributed by atoms with Crippen molar-refractivity contribution in [1.29, 1.82) is 0 Å². The lowest BCUT2D eigenvalue weighted by atomic mass is 10.4. The molecule has 2 nitrogen and oxygen atoms in total. The maximum atomic E-state index is 4.40. The van der Waals surface area contributed by atoms with Gasteiger partial charge in [0.1, 0.15) is 6.54 Å². The topological polar surface area (TPSA) is 12.4 Å². The van der Waals surface area contributed by atoms with Gasteiger partial charge in [0.2, 0.25) is 0 Å². The molecule has 9 heavy (non-hydrogen) atoms. The minimum atomic E-state index is 1.01. The smallest absolute Gasteiger partial charge is 0.197 e. The Morgan fingerprint density at radius 2 is 2.22 bits per heavy atom. The largest absolute Gasteiger partial charge is 0.282 e. The van der Waals surface area contributed by atoms with E-state index < -0.39 is 0 Å². The number of aliphatic imine (C=N–C) groups is 1. The molecule has 0 amide bonds. The zero-order valence-electron chi connectivity index (χ0n) is 6.52. The predicted octanol–water partition coefficient (Wildman–Crippen LogP) is 0.885. The summed E-state index contributed by atoms with van der Waals surface area (Å²) < 4.78 is 1.01. The molecule has 0 saturated carbocycles. The summed E-state index contributed by atoms with van der Waals surface area (Å²) >= 11 is 0. The third kappa shape index (κ3) is 1.13. The van der Waals surface area contributed by atoms with Crippen molar-refractivity contribution in [3.63, 3.8) is 0 Å². The van der Waals surface area contributed by atoms with Crippen LogP contribution in [0, 0.1) is 0 Å². The molecule has 0 saturated heterocycles. The number of rotatable bonds is 1. The van der Waals surface area contributed by atoms with Crippen LogP contribution in [0.1, 0.15) is 13.3 Å². The van der Waals surface area contributed by atoms with Crippen LogP contribution in [-0.2, 0) is 0 Å². The lowest BCUT2D eigenvalue weighted by Gasteiger charge is -2.23. The first-order valence-electron chi connectivity index (χ1n) is 3.53. The summed E-state index contributed by atoms with van der Waals surface area (Å²) in [6, 6.07) is 0. The van der Waals surface area contributed by atoms with Gasteiger partial charge in [0, 0.05) is 6.42 Å². The normalized spacial score (nSPS) is 24.1. The van der Waals surface area contributed by atoms with E-state index in [-0.39, 0.29) is 0 Å². The second-order valence-corrected chi connectivity index (χ2v) is 3.06. The van der Waals surface area contributed by atoms with E-state index in [9.17, 15) is 0 Å². The molecular weight excluding hydrogens is 112 g/mol. The number of amidine groups is 1. The van der Waals surface area contributed by atoms with Crippen LogP contribution in [0.25, 0.3) is 0 Å². The summed E-state index contributed by atoms with van der Waals surface area (Å²) in [7, 11) is 4.44. The van der Waals surface area contributed by atoms with Crippen LogP contribution in [0.15, 0.2) is 4.99 Å². The number of hydrogen-bond acceptors (Lipinski definition) is 1. The molecule has 0 aromatic carbocycles. The average Bonchev–Trinajstić information content (AvgIpc) is 2.08. The third-order valence-electron chi connectivity index (χ3n) is 1.97. The second kappa shape index (κ2) is 2.10. The molecule has 0 aromatic rings. The molecule has 52 valence electrons. The summed E-state index contributed by atoms with van der Waals surface area (Å²) in [6.07, 6.45) is 1.10. The summed E-state index contributed by atoms with van der Waals surface area (Å²) in [5.74, 6) is 1.34. The van der Waals surface area contributed by atoms with Gasteiger partial charge in [-0.05, 0) is 0 Å². The minimum Gasteiger partial charge on any atom is -0.282 e. The molecule has 0 N–H and O–H groups in total. The van der Waals surface area contributed by atoms with E-state index >= 15 is 0 Å². The van der Waals surface area contributed by atoms with Crippen LogP contribution in [-0.4, -0.2) is 37.5 Å². The van der Waals surface area contributed by atoms with Gasteiger partial charge < -0.3 is 0 Å². The Labute approximate surface area is 56.8 Å². The predicted molar refractivity (Wildman–Crippen MR) is 39.6 cm³/mol. The molecule has 0 fully saturated rings. The highest BCUT2D eigenvalue weighted by Gasteiger charge is 2.26. The fraction of sp³-hybridized carbons (Fsp3) is 0.857. The number of quaternary nitrogens is 1. The van der Waals surface area contributed by atoms with Crippen molar-refractivity contribution in [1.82, 2.24) is 0 Å². The minimum absolute atomic E-state index is 1.01. The Morgan fingerprint density at radius 1 is 1.56 bits per heavy atom. The van der Waals surface area contributed by atoms with Crippen LogP contribution < -0.4 is 0 Å². The van der Waals surface area contributed by atoms with Crippen LogP contribution in [0.5, 0.6) is 0 Å². The third-order valence-corrected chi connectivity index (χ3v) is 1.97. The zero-order valence-corrected chi connectivity index (χ0v) is 6.52. The summed E-state index contributed by atoms with van der Waals surface area (Å²) in [4.78, 5) is 4.40. The van der Waals surface area contributed by atoms with Gasteiger partial charge >= 0.3 is 0 Å². The Hall–Kier alpha value is -0.370. The average molecular weight is 127 g/mol. The van der Waals surface area contributed by atoms with Gasteiger partial charge in [0.15, 0.2) is 5.84 Å². The lowest BCUT2D eigenvalue weighted by Crippen LogP contribution is -2.42. The van der Waals surface area contributed by atoms with Gasteiger partial charge in [-0.25, -0.2) is 4.99 Å². The van der Waals surface area contributed by atoms with Gasteiger partial charge in [-0.2, -0.15) is 0 Å². The van der Waals surface area contributed by atoms with Crippen molar-refractivity contribution in [2.45, 2.75) is 13.3 Å². The Morgan fingerprint density at radius 3 is 2.44 bits per heavy atom. The molecule has 0 spiro atoms. The van der Waals surface area contributed by atoms with E-state index in [1.165, 1.54) is 12.4 Å². The first-order chi connectivity index (χ1) is 4.17. The van der Waals surface area contributed by atoms with Gasteiger partial charge in [-0.1, -0.05) is 6.92 Å². The summed E-state index contributed by atoms with van der Waals surface area (Å²) in [6.45, 7) is 4.38. The highest BCUT2D eigenvalue weighted by Crippen LogP contribution is 2.09. The first kappa shape index (κ1) is 6.75. The van der Waals surface area contributed by atoms with Crippen molar-refractivity contribution < 1.29 is 4.48 Å². The fourth-order valence-corrected chi connectivity index (χ4v) is 1.29. The standard InChI is InChI=1S/C7H15N2/c1-4-7-8-5-6-9(7,2)3/h4-6H2,1-3H3/q+1. The molecule has 0 radical (unpaired) electrons. The van der Waals surface area contributed by atoms with Gasteiger partial charge in [-0.15, -0.1) is 0 Å². The number of nitrogens with zero attached hydrogens (tertiary/aromatic N) is 2. The van der Waals surface area contributed by atoms with Gasteiger partial charge in [0.25, 0.3) is 0 Å². The van der Waals surface area contributed by atoms with Crippen LogP contribution in [0.3, 0.4) is 0 Å². The summed E-state index contributed by atoms with van der Waals surface area (Å²) in [5.41, 5.74) is 0. The summed E-state index contributed by atoms with van der Waals surface area (Å²) in [5, 5.41) is 0. The monoisotopic (exact) mass is 127 g/mol. The highest BCUT2D eigenvalue weighted by molar-refractivity contribution is 5.76. The van der Waals surface area contributed by atoms with Crippen molar-refractivity contribution in [2.24, 2.45) is 4.99 Å². The van der Waals surface area contributed by atoms with Gasteiger partial charge in [0.05, 0.1) is 20.6 Å². The Balaban J connectivity index is 2.69. The second-order valence-electron chi connectivity index (χ2n) is 3.06. The van der Waals surface area contributed by atoms with Crippen molar-refractivity contribution in [3.05, 3.63) is 0 Å². The van der Waals surface area contributed by atoms with E-state index in [2.05, 4.69) is 26.0 Å². The van der Waals surface area contributed by atoms with Gasteiger partial charge in [-0.3, -0.25) is 4.48 Å². The molecule has 1 aliphatic rings. The van der Waals surface area contributed by atoms with Crippen LogP contribution in [0.4, 0.5) is 0 Å². The first-order valence-corrected chi connectivity index (χ1v) is 3.53. The molecule has 0 aromatic heterocycles. The molecule has 2 heteroatoms. The molecule has 0 aliphatic carbocycles. The molecule has 0 unspecified atom stereocenters. The Bertz CT molecular complexity index is 136. The van der Waals surface area contributed by atoms with E-state index in [1.54, 1.807) is 0 Å². The van der Waals surface area contributed by atoms with Crippen molar-refractivity contribution in [2.75, 3.05) is 27.2 Å².